The lowest BCUT2D eigenvalue weighted by molar-refractivity contribution is 1.01. The van der Waals surface area contributed by atoms with Gasteiger partial charge in [-0.3, -0.25) is 0 Å². The molecule has 0 aliphatic rings. The smallest absolute Gasteiger partial charge is 0.161 e. The Labute approximate surface area is 213 Å². The molecular formula is C32H23N5. The highest BCUT2D eigenvalue weighted by atomic mass is 15.0. The summed E-state index contributed by atoms with van der Waals surface area (Å²) in [6.45, 7) is 3.97. The van der Waals surface area contributed by atoms with Crippen LogP contribution in [0.25, 0.3) is 60.7 Å². The van der Waals surface area contributed by atoms with E-state index in [0.717, 1.165) is 39.2 Å². The maximum Gasteiger partial charge on any atom is 0.161 e. The maximum atomic E-state index is 9.85. The number of aryl methyl sites for hydroxylation is 3. The molecule has 7 rings (SSSR count). The molecule has 5 heteroatoms. The zero-order valence-electron chi connectivity index (χ0n) is 20.8. The molecule has 0 aliphatic carbocycles. The van der Waals surface area contributed by atoms with Gasteiger partial charge in [-0.15, -0.1) is 0 Å². The van der Waals surface area contributed by atoms with E-state index in [1.807, 2.05) is 38.1 Å². The van der Waals surface area contributed by atoms with Crippen LogP contribution in [0.1, 0.15) is 17.0 Å². The van der Waals surface area contributed by atoms with Gasteiger partial charge >= 0.3 is 0 Å². The van der Waals surface area contributed by atoms with Crippen LogP contribution in [0.15, 0.2) is 84.9 Å². The number of hydrogen-bond acceptors (Lipinski definition) is 3. The lowest BCUT2D eigenvalue weighted by Crippen LogP contribution is -2.03. The van der Waals surface area contributed by atoms with Crippen LogP contribution < -0.4 is 0 Å². The molecule has 0 atom stereocenters. The minimum absolute atomic E-state index is 0.596. The van der Waals surface area contributed by atoms with Gasteiger partial charge in [-0.1, -0.05) is 48.5 Å². The van der Waals surface area contributed by atoms with E-state index < -0.39 is 0 Å². The Bertz CT molecular complexity index is 2060. The number of hydrogen-bond donors (Lipinski definition) is 0. The molecular weight excluding hydrogens is 454 g/mol. The number of rotatable bonds is 2. The van der Waals surface area contributed by atoms with Crippen LogP contribution in [-0.4, -0.2) is 19.1 Å². The van der Waals surface area contributed by atoms with Crippen LogP contribution in [0.5, 0.6) is 0 Å². The molecule has 176 valence electrons. The van der Waals surface area contributed by atoms with E-state index in [4.69, 9.17) is 9.97 Å². The average molecular weight is 478 g/mol. The Kier molecular flexibility index (Phi) is 4.49. The predicted molar refractivity (Wildman–Crippen MR) is 150 cm³/mol. The van der Waals surface area contributed by atoms with E-state index in [-0.39, 0.29) is 0 Å². The summed E-state index contributed by atoms with van der Waals surface area (Å²) in [7, 11) is 2.13. The highest BCUT2D eigenvalue weighted by Crippen LogP contribution is 2.41. The second-order valence-electron chi connectivity index (χ2n) is 9.60. The van der Waals surface area contributed by atoms with Gasteiger partial charge in [-0.05, 0) is 50.2 Å². The summed E-state index contributed by atoms with van der Waals surface area (Å²) in [6, 6.07) is 31.5. The number of para-hydroxylation sites is 2. The molecule has 0 radical (unpaired) electrons. The van der Waals surface area contributed by atoms with Crippen molar-refractivity contribution in [2.24, 2.45) is 7.05 Å². The van der Waals surface area contributed by atoms with Gasteiger partial charge in [-0.2, -0.15) is 5.26 Å². The fourth-order valence-electron chi connectivity index (χ4n) is 5.78. The second kappa shape index (κ2) is 7.78. The number of fused-ring (bicyclic) bond motifs is 7. The molecule has 0 N–H and O–H groups in total. The Morgan fingerprint density at radius 2 is 1.30 bits per heavy atom. The third kappa shape index (κ3) is 3.03. The largest absolute Gasteiger partial charge is 0.342 e. The van der Waals surface area contributed by atoms with Crippen LogP contribution in [0.2, 0.25) is 0 Å². The molecule has 7 aromatic rings. The first kappa shape index (κ1) is 21.3. The summed E-state index contributed by atoms with van der Waals surface area (Å²) in [5.74, 6) is 0.659. The van der Waals surface area contributed by atoms with E-state index in [9.17, 15) is 5.26 Å². The second-order valence-corrected chi connectivity index (χ2v) is 9.60. The number of nitriles is 1. The first-order valence-electron chi connectivity index (χ1n) is 12.3. The molecule has 0 saturated carbocycles. The lowest BCUT2D eigenvalue weighted by Gasteiger charge is -2.15. The Hall–Kier alpha value is -4.95. The van der Waals surface area contributed by atoms with Crippen LogP contribution in [0.4, 0.5) is 0 Å². The zero-order valence-corrected chi connectivity index (χ0v) is 20.8. The third-order valence-corrected chi connectivity index (χ3v) is 7.29. The summed E-state index contributed by atoms with van der Waals surface area (Å²) < 4.78 is 4.58. The molecule has 0 saturated heterocycles. The third-order valence-electron chi connectivity index (χ3n) is 7.29. The monoisotopic (exact) mass is 477 g/mol. The Balaban J connectivity index is 1.72. The molecule has 0 spiro atoms. The van der Waals surface area contributed by atoms with Crippen LogP contribution in [0.3, 0.4) is 0 Å². The van der Waals surface area contributed by atoms with Gasteiger partial charge in [0, 0.05) is 51.1 Å². The molecule has 0 bridgehead atoms. The van der Waals surface area contributed by atoms with E-state index in [1.54, 1.807) is 0 Å². The van der Waals surface area contributed by atoms with Crippen molar-refractivity contribution in [1.29, 1.82) is 5.26 Å². The summed E-state index contributed by atoms with van der Waals surface area (Å²) in [6.07, 6.45) is 0. The van der Waals surface area contributed by atoms with E-state index in [0.29, 0.717) is 11.4 Å². The quantitative estimate of drug-likeness (QED) is 0.261. The van der Waals surface area contributed by atoms with Gasteiger partial charge in [0.05, 0.1) is 33.9 Å². The molecule has 4 aromatic carbocycles. The van der Waals surface area contributed by atoms with Gasteiger partial charge in [0.15, 0.2) is 5.82 Å². The number of benzene rings is 4. The normalized spacial score (nSPS) is 11.6. The molecule has 3 heterocycles. The fraction of sp³-hybridized carbons (Fsp3) is 0.0938. The minimum atomic E-state index is 0.596. The molecule has 37 heavy (non-hydrogen) atoms. The zero-order chi connectivity index (χ0) is 25.3. The van der Waals surface area contributed by atoms with Crippen molar-refractivity contribution in [2.45, 2.75) is 13.8 Å². The van der Waals surface area contributed by atoms with Gasteiger partial charge < -0.3 is 9.13 Å². The first-order valence-corrected chi connectivity index (χ1v) is 12.3. The summed E-state index contributed by atoms with van der Waals surface area (Å²) in [5.41, 5.74) is 8.74. The first-order chi connectivity index (χ1) is 18.0. The van der Waals surface area contributed by atoms with Crippen LogP contribution in [-0.2, 0) is 7.05 Å². The minimum Gasteiger partial charge on any atom is -0.342 e. The van der Waals surface area contributed by atoms with Crippen molar-refractivity contribution in [3.8, 4) is 23.1 Å². The van der Waals surface area contributed by atoms with Crippen LogP contribution >= 0.6 is 0 Å². The highest BCUT2D eigenvalue weighted by Gasteiger charge is 2.21. The SMILES string of the molecule is Cc1cc(C)nc(-c2ccc(C#N)cc2-n2c3ccccc3c3ccc4c5ccccc5n(C)c4c32)n1. The average Bonchev–Trinajstić information content (AvgIpc) is 3.40. The van der Waals surface area contributed by atoms with E-state index >= 15 is 0 Å². The molecule has 0 unspecified atom stereocenters. The molecule has 3 aromatic heterocycles. The maximum absolute atomic E-state index is 9.85. The molecule has 0 aliphatic heterocycles. The number of nitrogens with zero attached hydrogens (tertiary/aromatic N) is 5. The van der Waals surface area contributed by atoms with Gasteiger partial charge in [-0.25, -0.2) is 9.97 Å². The van der Waals surface area contributed by atoms with E-state index in [2.05, 4.69) is 82.9 Å². The number of aromatic nitrogens is 4. The highest BCUT2D eigenvalue weighted by molar-refractivity contribution is 6.23. The summed E-state index contributed by atoms with van der Waals surface area (Å²) in [5, 5.41) is 14.6. The van der Waals surface area contributed by atoms with Gasteiger partial charge in [0.1, 0.15) is 0 Å². The van der Waals surface area contributed by atoms with Crippen molar-refractivity contribution >= 4 is 43.6 Å². The Morgan fingerprint density at radius 3 is 2.00 bits per heavy atom. The van der Waals surface area contributed by atoms with Gasteiger partial charge in [0.2, 0.25) is 0 Å². The van der Waals surface area contributed by atoms with Crippen LogP contribution in [0, 0.1) is 25.2 Å². The summed E-state index contributed by atoms with van der Waals surface area (Å²) >= 11 is 0. The molecule has 5 nitrogen and oxygen atoms in total. The lowest BCUT2D eigenvalue weighted by atomic mass is 10.1. The standard InChI is InChI=1S/C32H23N5/c1-19-16-20(2)35-32(34-19)26-13-12-21(18-33)17-29(26)37-28-11-7-5-9-23(28)25-15-14-24-22-8-4-6-10-27(22)36(3)30(24)31(25)37/h4-17H,1-3H3. The van der Waals surface area contributed by atoms with Crippen molar-refractivity contribution in [3.63, 3.8) is 0 Å². The van der Waals surface area contributed by atoms with Crippen molar-refractivity contribution in [3.05, 3.63) is 102 Å². The molecule has 0 amide bonds. The van der Waals surface area contributed by atoms with Gasteiger partial charge in [0.25, 0.3) is 0 Å². The Morgan fingerprint density at radius 1 is 0.676 bits per heavy atom. The summed E-state index contributed by atoms with van der Waals surface area (Å²) in [4.78, 5) is 9.59. The topological polar surface area (TPSA) is 59.4 Å². The van der Waals surface area contributed by atoms with Crippen molar-refractivity contribution in [1.82, 2.24) is 19.1 Å². The predicted octanol–water partition coefficient (Wildman–Crippen LogP) is 7.37. The molecule has 0 fully saturated rings. The van der Waals surface area contributed by atoms with Crippen molar-refractivity contribution in [2.75, 3.05) is 0 Å². The van der Waals surface area contributed by atoms with Crippen molar-refractivity contribution < 1.29 is 0 Å². The fourth-order valence-corrected chi connectivity index (χ4v) is 5.78. The van der Waals surface area contributed by atoms with E-state index in [1.165, 1.54) is 27.1 Å².